The number of rotatable bonds is 7. The van der Waals surface area contributed by atoms with Crippen molar-refractivity contribution in [3.05, 3.63) is 29.3 Å². The third-order valence-electron chi connectivity index (χ3n) is 5.67. The van der Waals surface area contributed by atoms with Gasteiger partial charge in [0.15, 0.2) is 0 Å². The quantitative estimate of drug-likeness (QED) is 0.644. The Morgan fingerprint density at radius 1 is 1.00 bits per heavy atom. The second-order valence-electron chi connectivity index (χ2n) is 7.67. The van der Waals surface area contributed by atoms with Gasteiger partial charge in [-0.1, -0.05) is 6.07 Å². The molecule has 0 unspecified atom stereocenters. The molecular formula is C20H30N4O4S. The molecule has 3 rings (SSSR count). The minimum absolute atomic E-state index is 0.0231. The lowest BCUT2D eigenvalue weighted by Crippen LogP contribution is -2.50. The van der Waals surface area contributed by atoms with E-state index in [2.05, 4.69) is 5.32 Å². The fraction of sp³-hybridized carbons (Fsp3) is 0.600. The molecule has 3 N–H and O–H groups in total. The fourth-order valence-corrected chi connectivity index (χ4v) is 5.44. The van der Waals surface area contributed by atoms with Gasteiger partial charge in [0.05, 0.1) is 4.90 Å². The molecule has 0 atom stereocenters. The lowest BCUT2D eigenvalue weighted by Gasteiger charge is -2.34. The van der Waals surface area contributed by atoms with Gasteiger partial charge in [-0.05, 0) is 61.8 Å². The van der Waals surface area contributed by atoms with Crippen molar-refractivity contribution in [2.45, 2.75) is 49.8 Å². The molecule has 160 valence electrons. The Bertz CT molecular complexity index is 848. The lowest BCUT2D eigenvalue weighted by atomic mass is 9.92. The summed E-state index contributed by atoms with van der Waals surface area (Å²) in [4.78, 5) is 25.0. The summed E-state index contributed by atoms with van der Waals surface area (Å²) < 4.78 is 27.5. The number of sulfonamides is 1. The standard InChI is InChI=1S/C20H30N4O4S/c21-20(26)22-10-4-3-7-19(25)23-11-13-24(14-12-23)29(27,28)18-9-8-16-5-1-2-6-17(16)15-18/h8-9,15H,1-7,10-14H2,(H3,21,22,26). The van der Waals surface area contributed by atoms with Crippen molar-refractivity contribution in [3.63, 3.8) is 0 Å². The monoisotopic (exact) mass is 422 g/mol. The van der Waals surface area contributed by atoms with Crippen LogP contribution in [0.4, 0.5) is 4.79 Å². The van der Waals surface area contributed by atoms with E-state index in [-0.39, 0.29) is 5.91 Å². The minimum atomic E-state index is -3.53. The molecule has 0 saturated carbocycles. The largest absolute Gasteiger partial charge is 0.352 e. The zero-order valence-corrected chi connectivity index (χ0v) is 17.5. The Labute approximate surface area is 172 Å². The number of carbonyl (C=O) groups is 2. The number of nitrogens with zero attached hydrogens (tertiary/aromatic N) is 2. The molecule has 1 aliphatic heterocycles. The van der Waals surface area contributed by atoms with Gasteiger partial charge in [-0.25, -0.2) is 13.2 Å². The second-order valence-corrected chi connectivity index (χ2v) is 9.61. The smallest absolute Gasteiger partial charge is 0.312 e. The van der Waals surface area contributed by atoms with Crippen LogP contribution in [-0.2, 0) is 27.7 Å². The van der Waals surface area contributed by atoms with Gasteiger partial charge >= 0.3 is 6.03 Å². The van der Waals surface area contributed by atoms with Gasteiger partial charge in [-0.2, -0.15) is 4.31 Å². The number of urea groups is 1. The first-order chi connectivity index (χ1) is 13.9. The first kappa shape index (κ1) is 21.6. The summed E-state index contributed by atoms with van der Waals surface area (Å²) >= 11 is 0. The maximum Gasteiger partial charge on any atom is 0.312 e. The second kappa shape index (κ2) is 9.58. The summed E-state index contributed by atoms with van der Waals surface area (Å²) in [5.74, 6) is 0.0231. The summed E-state index contributed by atoms with van der Waals surface area (Å²) in [6, 6.07) is 4.94. The Morgan fingerprint density at radius 3 is 2.38 bits per heavy atom. The molecule has 8 nitrogen and oxygen atoms in total. The SMILES string of the molecule is NC(=O)NCCCCC(=O)N1CCN(S(=O)(=O)c2ccc3c(c2)CCCC3)CC1. The number of nitrogens with two attached hydrogens (primary N) is 1. The Kier molecular flexibility index (Phi) is 7.13. The molecule has 1 heterocycles. The van der Waals surface area contributed by atoms with Gasteiger partial charge in [-0.15, -0.1) is 0 Å². The van der Waals surface area contributed by atoms with Crippen LogP contribution >= 0.6 is 0 Å². The lowest BCUT2D eigenvalue weighted by molar-refractivity contribution is -0.132. The highest BCUT2D eigenvalue weighted by atomic mass is 32.2. The van der Waals surface area contributed by atoms with Crippen LogP contribution in [0.2, 0.25) is 0 Å². The number of benzene rings is 1. The van der Waals surface area contributed by atoms with Gasteiger partial charge < -0.3 is 16.0 Å². The Hall–Kier alpha value is -2.13. The van der Waals surface area contributed by atoms with Crippen molar-refractivity contribution in [3.8, 4) is 0 Å². The molecule has 1 fully saturated rings. The summed E-state index contributed by atoms with van der Waals surface area (Å²) in [5, 5.41) is 2.50. The van der Waals surface area contributed by atoms with E-state index in [4.69, 9.17) is 5.73 Å². The van der Waals surface area contributed by atoms with Gasteiger partial charge in [-0.3, -0.25) is 4.79 Å². The van der Waals surface area contributed by atoms with E-state index >= 15 is 0 Å². The number of aryl methyl sites for hydroxylation is 2. The molecule has 0 spiro atoms. The summed E-state index contributed by atoms with van der Waals surface area (Å²) in [5.41, 5.74) is 7.41. The zero-order valence-electron chi connectivity index (χ0n) is 16.7. The number of hydrogen-bond acceptors (Lipinski definition) is 4. The molecule has 3 amide bonds. The Balaban J connectivity index is 1.50. The molecule has 0 bridgehead atoms. The number of fused-ring (bicyclic) bond motifs is 1. The number of hydrogen-bond donors (Lipinski definition) is 2. The predicted molar refractivity (Wildman–Crippen MR) is 110 cm³/mol. The molecule has 9 heteroatoms. The number of piperazine rings is 1. The van der Waals surface area contributed by atoms with E-state index in [1.165, 1.54) is 9.87 Å². The van der Waals surface area contributed by atoms with Crippen LogP contribution in [0, 0.1) is 0 Å². The van der Waals surface area contributed by atoms with Crippen molar-refractivity contribution >= 4 is 22.0 Å². The van der Waals surface area contributed by atoms with E-state index < -0.39 is 16.1 Å². The van der Waals surface area contributed by atoms with Crippen LogP contribution in [-0.4, -0.2) is 62.3 Å². The van der Waals surface area contributed by atoms with Crippen molar-refractivity contribution in [2.24, 2.45) is 5.73 Å². The highest BCUT2D eigenvalue weighted by Crippen LogP contribution is 2.26. The number of primary amides is 1. The highest BCUT2D eigenvalue weighted by Gasteiger charge is 2.30. The summed E-state index contributed by atoms with van der Waals surface area (Å²) in [6.07, 6.45) is 5.96. The normalized spacial score (nSPS) is 17.6. The van der Waals surface area contributed by atoms with Gasteiger partial charge in [0.1, 0.15) is 0 Å². The molecular weight excluding hydrogens is 392 g/mol. The summed E-state index contributed by atoms with van der Waals surface area (Å²) in [7, 11) is -3.53. The highest BCUT2D eigenvalue weighted by molar-refractivity contribution is 7.89. The first-order valence-corrected chi connectivity index (χ1v) is 11.7. The fourth-order valence-electron chi connectivity index (χ4n) is 3.97. The van der Waals surface area contributed by atoms with E-state index in [0.29, 0.717) is 56.9 Å². The van der Waals surface area contributed by atoms with E-state index in [0.717, 1.165) is 31.2 Å². The Morgan fingerprint density at radius 2 is 1.69 bits per heavy atom. The molecule has 29 heavy (non-hydrogen) atoms. The maximum atomic E-state index is 13.0. The van der Waals surface area contributed by atoms with Gasteiger partial charge in [0.25, 0.3) is 0 Å². The van der Waals surface area contributed by atoms with Crippen molar-refractivity contribution in [1.82, 2.24) is 14.5 Å². The van der Waals surface area contributed by atoms with E-state index in [1.54, 1.807) is 11.0 Å². The zero-order chi connectivity index (χ0) is 20.9. The molecule has 2 aliphatic rings. The van der Waals surface area contributed by atoms with E-state index in [1.807, 2.05) is 12.1 Å². The van der Waals surface area contributed by atoms with Crippen molar-refractivity contribution in [1.29, 1.82) is 0 Å². The molecule has 0 aromatic heterocycles. The third-order valence-corrected chi connectivity index (χ3v) is 7.56. The molecule has 1 aromatic rings. The summed E-state index contributed by atoms with van der Waals surface area (Å²) in [6.45, 7) is 1.89. The van der Waals surface area contributed by atoms with Gasteiger partial charge in [0.2, 0.25) is 15.9 Å². The van der Waals surface area contributed by atoms with Crippen LogP contribution in [0.25, 0.3) is 0 Å². The van der Waals surface area contributed by atoms with Gasteiger partial charge in [0, 0.05) is 39.1 Å². The van der Waals surface area contributed by atoms with Crippen molar-refractivity contribution < 1.29 is 18.0 Å². The third kappa shape index (κ3) is 5.48. The van der Waals surface area contributed by atoms with Crippen LogP contribution in [0.3, 0.4) is 0 Å². The van der Waals surface area contributed by atoms with Crippen LogP contribution in [0.1, 0.15) is 43.2 Å². The number of unbranched alkanes of at least 4 members (excludes halogenated alkanes) is 1. The van der Waals surface area contributed by atoms with Crippen LogP contribution < -0.4 is 11.1 Å². The first-order valence-electron chi connectivity index (χ1n) is 10.3. The molecule has 1 aromatic carbocycles. The maximum absolute atomic E-state index is 13.0. The van der Waals surface area contributed by atoms with Crippen LogP contribution in [0.5, 0.6) is 0 Å². The molecule has 0 radical (unpaired) electrons. The topological polar surface area (TPSA) is 113 Å². The van der Waals surface area contributed by atoms with E-state index in [9.17, 15) is 18.0 Å². The number of carbonyl (C=O) groups excluding carboxylic acids is 2. The van der Waals surface area contributed by atoms with Crippen LogP contribution in [0.15, 0.2) is 23.1 Å². The number of amides is 3. The molecule has 1 saturated heterocycles. The predicted octanol–water partition coefficient (Wildman–Crippen LogP) is 1.24. The van der Waals surface area contributed by atoms with Crippen molar-refractivity contribution in [2.75, 3.05) is 32.7 Å². The minimum Gasteiger partial charge on any atom is -0.352 e. The molecule has 1 aliphatic carbocycles. The number of nitrogens with one attached hydrogen (secondary N) is 1. The average Bonchev–Trinajstić information content (AvgIpc) is 2.73. The average molecular weight is 423 g/mol.